The van der Waals surface area contributed by atoms with Crippen LogP contribution in [0.2, 0.25) is 0 Å². The highest BCUT2D eigenvalue weighted by Gasteiger charge is 2.10. The van der Waals surface area contributed by atoms with Crippen molar-refractivity contribution >= 4 is 5.95 Å². The Morgan fingerprint density at radius 3 is 2.63 bits per heavy atom. The SMILES string of the molecule is CCC(Nc1ncc(O)c(=O)[nH]1)c1ccc(C)cc1. The minimum Gasteiger partial charge on any atom is -0.502 e. The number of aryl methyl sites for hydroxylation is 1. The fraction of sp³-hybridized carbons (Fsp3) is 0.286. The maximum atomic E-state index is 11.3. The number of rotatable bonds is 4. The third-order valence-electron chi connectivity index (χ3n) is 2.98. The summed E-state index contributed by atoms with van der Waals surface area (Å²) in [4.78, 5) is 17.8. The Morgan fingerprint density at radius 2 is 2.05 bits per heavy atom. The summed E-state index contributed by atoms with van der Waals surface area (Å²) >= 11 is 0. The van der Waals surface area contributed by atoms with Crippen LogP contribution < -0.4 is 10.9 Å². The van der Waals surface area contributed by atoms with E-state index < -0.39 is 5.56 Å². The summed E-state index contributed by atoms with van der Waals surface area (Å²) in [5, 5.41) is 12.3. The van der Waals surface area contributed by atoms with Crippen molar-refractivity contribution in [1.82, 2.24) is 9.97 Å². The first kappa shape index (κ1) is 13.1. The number of benzene rings is 1. The quantitative estimate of drug-likeness (QED) is 0.787. The minimum atomic E-state index is -0.545. The van der Waals surface area contributed by atoms with Crippen LogP contribution in [0.3, 0.4) is 0 Å². The molecule has 0 aliphatic rings. The second-order valence-electron chi connectivity index (χ2n) is 4.46. The zero-order valence-corrected chi connectivity index (χ0v) is 11.0. The monoisotopic (exact) mass is 259 g/mol. The molecular weight excluding hydrogens is 242 g/mol. The number of nitrogens with zero attached hydrogens (tertiary/aromatic N) is 1. The van der Waals surface area contributed by atoms with Gasteiger partial charge in [-0.3, -0.25) is 9.78 Å². The summed E-state index contributed by atoms with van der Waals surface area (Å²) < 4.78 is 0. The van der Waals surface area contributed by atoms with Gasteiger partial charge in [-0.25, -0.2) is 4.98 Å². The van der Waals surface area contributed by atoms with E-state index in [0.717, 1.165) is 18.2 Å². The maximum absolute atomic E-state index is 11.3. The smallest absolute Gasteiger partial charge is 0.294 e. The highest BCUT2D eigenvalue weighted by molar-refractivity contribution is 5.33. The van der Waals surface area contributed by atoms with E-state index in [-0.39, 0.29) is 11.8 Å². The van der Waals surface area contributed by atoms with Crippen LogP contribution >= 0.6 is 0 Å². The van der Waals surface area contributed by atoms with Crippen LogP contribution in [-0.4, -0.2) is 15.1 Å². The molecule has 19 heavy (non-hydrogen) atoms. The summed E-state index contributed by atoms with van der Waals surface area (Å²) in [5.41, 5.74) is 1.79. The first-order chi connectivity index (χ1) is 9.10. The van der Waals surface area contributed by atoms with Gasteiger partial charge in [-0.05, 0) is 18.9 Å². The predicted molar refractivity (Wildman–Crippen MR) is 74.4 cm³/mol. The van der Waals surface area contributed by atoms with Gasteiger partial charge in [0.2, 0.25) is 5.95 Å². The molecule has 0 spiro atoms. The lowest BCUT2D eigenvalue weighted by molar-refractivity contribution is 0.463. The molecule has 1 unspecified atom stereocenters. The van der Waals surface area contributed by atoms with E-state index in [9.17, 15) is 4.79 Å². The van der Waals surface area contributed by atoms with Gasteiger partial charge in [0, 0.05) is 0 Å². The van der Waals surface area contributed by atoms with E-state index in [2.05, 4.69) is 34.3 Å². The predicted octanol–water partition coefficient (Wildman–Crippen LogP) is 2.35. The van der Waals surface area contributed by atoms with E-state index in [1.54, 1.807) is 0 Å². The molecule has 0 saturated carbocycles. The minimum absolute atomic E-state index is 0.0632. The van der Waals surface area contributed by atoms with Crippen molar-refractivity contribution in [3.8, 4) is 5.75 Å². The number of nitrogens with one attached hydrogen (secondary N) is 2. The van der Waals surface area contributed by atoms with Crippen molar-refractivity contribution in [2.45, 2.75) is 26.3 Å². The van der Waals surface area contributed by atoms with Crippen LogP contribution in [0.5, 0.6) is 5.75 Å². The fourth-order valence-corrected chi connectivity index (χ4v) is 1.85. The molecule has 2 aromatic rings. The first-order valence-corrected chi connectivity index (χ1v) is 6.21. The number of hydrogen-bond donors (Lipinski definition) is 3. The van der Waals surface area contributed by atoms with Crippen molar-refractivity contribution in [2.24, 2.45) is 0 Å². The Kier molecular flexibility index (Phi) is 3.85. The van der Waals surface area contributed by atoms with Crippen LogP contribution in [0.1, 0.15) is 30.5 Å². The first-order valence-electron chi connectivity index (χ1n) is 6.21. The van der Waals surface area contributed by atoms with Crippen molar-refractivity contribution in [3.63, 3.8) is 0 Å². The Labute approximate surface area is 111 Å². The molecule has 1 aromatic carbocycles. The van der Waals surface area contributed by atoms with Crippen LogP contribution in [0.15, 0.2) is 35.3 Å². The lowest BCUT2D eigenvalue weighted by Gasteiger charge is -2.17. The Morgan fingerprint density at radius 1 is 1.37 bits per heavy atom. The van der Waals surface area contributed by atoms with Gasteiger partial charge < -0.3 is 10.4 Å². The van der Waals surface area contributed by atoms with E-state index in [4.69, 9.17) is 5.11 Å². The van der Waals surface area contributed by atoms with Gasteiger partial charge in [0.05, 0.1) is 12.2 Å². The molecule has 0 fully saturated rings. The van der Waals surface area contributed by atoms with Crippen LogP contribution in [0, 0.1) is 6.92 Å². The normalized spacial score (nSPS) is 12.1. The molecule has 0 amide bonds. The topological polar surface area (TPSA) is 78.0 Å². The molecule has 2 rings (SSSR count). The van der Waals surface area contributed by atoms with Gasteiger partial charge in [-0.1, -0.05) is 36.8 Å². The van der Waals surface area contributed by atoms with Crippen LogP contribution in [-0.2, 0) is 0 Å². The summed E-state index contributed by atoms with van der Waals surface area (Å²) in [5.74, 6) is -0.0239. The number of hydrogen-bond acceptors (Lipinski definition) is 4. The maximum Gasteiger partial charge on any atom is 0.294 e. The molecule has 0 bridgehead atoms. The van der Waals surface area contributed by atoms with E-state index in [1.165, 1.54) is 5.56 Å². The molecule has 0 aliphatic heterocycles. The molecule has 100 valence electrons. The van der Waals surface area contributed by atoms with Gasteiger partial charge in [-0.15, -0.1) is 0 Å². The highest BCUT2D eigenvalue weighted by Crippen LogP contribution is 2.20. The van der Waals surface area contributed by atoms with Gasteiger partial charge in [0.1, 0.15) is 0 Å². The molecule has 1 heterocycles. The largest absolute Gasteiger partial charge is 0.502 e. The van der Waals surface area contributed by atoms with Crippen molar-refractivity contribution in [2.75, 3.05) is 5.32 Å². The average molecular weight is 259 g/mol. The molecule has 0 aliphatic carbocycles. The molecule has 3 N–H and O–H groups in total. The third kappa shape index (κ3) is 3.13. The number of aromatic amines is 1. The summed E-state index contributed by atoms with van der Waals surface area (Å²) in [6.07, 6.45) is 2.00. The summed E-state index contributed by atoms with van der Waals surface area (Å²) in [6, 6.07) is 8.26. The molecule has 1 atom stereocenters. The van der Waals surface area contributed by atoms with E-state index in [0.29, 0.717) is 5.95 Å². The molecule has 0 saturated heterocycles. The Balaban J connectivity index is 2.21. The van der Waals surface area contributed by atoms with Gasteiger partial charge >= 0.3 is 0 Å². The van der Waals surface area contributed by atoms with E-state index in [1.807, 2.05) is 19.1 Å². The second kappa shape index (κ2) is 5.56. The zero-order valence-electron chi connectivity index (χ0n) is 11.0. The highest BCUT2D eigenvalue weighted by atomic mass is 16.3. The molecular formula is C14H17N3O2. The molecule has 5 heteroatoms. The summed E-state index contributed by atoms with van der Waals surface area (Å²) in [6.45, 7) is 4.09. The molecule has 0 radical (unpaired) electrons. The van der Waals surface area contributed by atoms with Crippen LogP contribution in [0.25, 0.3) is 0 Å². The van der Waals surface area contributed by atoms with Gasteiger partial charge in [-0.2, -0.15) is 0 Å². The number of aromatic nitrogens is 2. The Bertz CT molecular complexity index is 605. The van der Waals surface area contributed by atoms with Gasteiger partial charge in [0.25, 0.3) is 5.56 Å². The standard InChI is InChI=1S/C14H17N3O2/c1-3-11(10-6-4-9(2)5-7-10)16-14-15-8-12(18)13(19)17-14/h4-8,11,18H,3H2,1-2H3,(H2,15,16,17,19). The third-order valence-corrected chi connectivity index (χ3v) is 2.98. The van der Waals surface area contributed by atoms with Crippen LogP contribution in [0.4, 0.5) is 5.95 Å². The Hall–Kier alpha value is -2.30. The fourth-order valence-electron chi connectivity index (χ4n) is 1.85. The number of aromatic hydroxyl groups is 1. The number of anilines is 1. The van der Waals surface area contributed by atoms with Crippen molar-refractivity contribution in [3.05, 3.63) is 51.9 Å². The number of H-pyrrole nitrogens is 1. The second-order valence-corrected chi connectivity index (χ2v) is 4.46. The molecule has 5 nitrogen and oxygen atoms in total. The van der Waals surface area contributed by atoms with E-state index >= 15 is 0 Å². The van der Waals surface area contributed by atoms with Gasteiger partial charge in [0.15, 0.2) is 5.75 Å². The average Bonchev–Trinajstić information content (AvgIpc) is 2.41. The van der Waals surface area contributed by atoms with Crippen molar-refractivity contribution < 1.29 is 5.11 Å². The molecule has 1 aromatic heterocycles. The lowest BCUT2D eigenvalue weighted by Crippen LogP contribution is -2.16. The zero-order chi connectivity index (χ0) is 13.8. The summed E-state index contributed by atoms with van der Waals surface area (Å²) in [7, 11) is 0. The van der Waals surface area contributed by atoms with Crippen molar-refractivity contribution in [1.29, 1.82) is 0 Å². The lowest BCUT2D eigenvalue weighted by atomic mass is 10.0.